The molecule has 0 aromatic heterocycles. The smallest absolute Gasteiger partial charge is 0.493 e. The van der Waals surface area contributed by atoms with Gasteiger partial charge in [-0.3, -0.25) is 9.59 Å². The summed E-state index contributed by atoms with van der Waals surface area (Å²) in [7, 11) is 1.24. The average Bonchev–Trinajstić information content (AvgIpc) is 2.82. The Morgan fingerprint density at radius 1 is 1.17 bits per heavy atom. The summed E-state index contributed by atoms with van der Waals surface area (Å²) in [5, 5.41) is 5.69. The number of benzene rings is 2. The second-order valence-electron chi connectivity index (χ2n) is 8.53. The third-order valence-corrected chi connectivity index (χ3v) is 5.78. The van der Waals surface area contributed by atoms with Crippen LogP contribution in [0.3, 0.4) is 0 Å². The highest BCUT2D eigenvalue weighted by molar-refractivity contribution is 6.06. The molecule has 0 aliphatic carbocycles. The number of ketones is 1. The van der Waals surface area contributed by atoms with Gasteiger partial charge in [-0.15, -0.1) is 13.2 Å². The molecule has 7 nitrogen and oxygen atoms in total. The van der Waals surface area contributed by atoms with Gasteiger partial charge in [0.2, 0.25) is 5.91 Å². The van der Waals surface area contributed by atoms with E-state index in [0.29, 0.717) is 28.8 Å². The van der Waals surface area contributed by atoms with Crippen molar-refractivity contribution in [3.8, 4) is 11.5 Å². The van der Waals surface area contributed by atoms with Crippen molar-refractivity contribution < 1.29 is 32.2 Å². The predicted molar refractivity (Wildman–Crippen MR) is 124 cm³/mol. The first-order chi connectivity index (χ1) is 16.4. The average molecular weight is 492 g/mol. The van der Waals surface area contributed by atoms with Crippen LogP contribution in [0, 0.1) is 11.8 Å². The van der Waals surface area contributed by atoms with Gasteiger partial charge in [-0.25, -0.2) is 5.01 Å². The monoisotopic (exact) mass is 491 g/mol. The number of hydrogen-bond donors (Lipinski definition) is 1. The maximum atomic E-state index is 12.9. The van der Waals surface area contributed by atoms with Crippen LogP contribution in [0.4, 0.5) is 13.2 Å². The fraction of sp³-hybridized carbons (Fsp3) is 0.400. The molecule has 2 aromatic carbocycles. The van der Waals surface area contributed by atoms with Crippen molar-refractivity contribution in [3.63, 3.8) is 0 Å². The molecule has 188 valence electrons. The molecular formula is C25H28F3N3O4. The van der Waals surface area contributed by atoms with Gasteiger partial charge in [0.1, 0.15) is 6.17 Å². The Kier molecular flexibility index (Phi) is 7.84. The molecule has 3 rings (SSSR count). The lowest BCUT2D eigenvalue weighted by atomic mass is 9.89. The summed E-state index contributed by atoms with van der Waals surface area (Å²) < 4.78 is 47.2. The lowest BCUT2D eigenvalue weighted by molar-refractivity contribution is -0.275. The molecule has 2 aromatic rings. The lowest BCUT2D eigenvalue weighted by Gasteiger charge is -2.33. The number of hydrazone groups is 1. The highest BCUT2D eigenvalue weighted by Gasteiger charge is 2.35. The van der Waals surface area contributed by atoms with Crippen molar-refractivity contribution >= 4 is 17.4 Å². The summed E-state index contributed by atoms with van der Waals surface area (Å²) in [6.07, 6.45) is -5.05. The van der Waals surface area contributed by atoms with Crippen molar-refractivity contribution in [3.05, 3.63) is 59.2 Å². The van der Waals surface area contributed by atoms with E-state index in [0.717, 1.165) is 6.07 Å². The standard InChI is InChI=1S/C25H28F3N3O4/c1-5-15-13-21(32)31(24(29)17-8-6-16(7-9-17)23(33)14(2)3)30-22(15)18-10-11-19(20(12-18)34-4)35-25(26,27)28/h6-12,14-15,24H,5,13,29H2,1-4H3. The Balaban J connectivity index is 1.95. The Morgan fingerprint density at radius 2 is 1.83 bits per heavy atom. The normalized spacial score (nSPS) is 17.3. The second-order valence-corrected chi connectivity index (χ2v) is 8.53. The molecule has 10 heteroatoms. The van der Waals surface area contributed by atoms with E-state index in [1.807, 2.05) is 20.8 Å². The molecule has 0 spiro atoms. The summed E-state index contributed by atoms with van der Waals surface area (Å²) in [4.78, 5) is 25.1. The minimum absolute atomic E-state index is 0.00263. The summed E-state index contributed by atoms with van der Waals surface area (Å²) in [5.74, 6) is -1.28. The van der Waals surface area contributed by atoms with E-state index in [1.165, 1.54) is 24.3 Å². The first-order valence-electron chi connectivity index (χ1n) is 11.2. The maximum Gasteiger partial charge on any atom is 0.573 e. The van der Waals surface area contributed by atoms with Crippen LogP contribution in [0.2, 0.25) is 0 Å². The Labute approximate surface area is 201 Å². The summed E-state index contributed by atoms with van der Waals surface area (Å²) in [6.45, 7) is 5.52. The highest BCUT2D eigenvalue weighted by Crippen LogP contribution is 2.35. The second kappa shape index (κ2) is 10.5. The number of carbonyl (C=O) groups excluding carboxylic acids is 2. The summed E-state index contributed by atoms with van der Waals surface area (Å²) in [5.41, 5.74) is 8.50. The number of methoxy groups -OCH3 is 1. The van der Waals surface area contributed by atoms with Gasteiger partial charge in [-0.05, 0) is 30.2 Å². The molecule has 0 bridgehead atoms. The van der Waals surface area contributed by atoms with Crippen molar-refractivity contribution in [2.45, 2.75) is 46.1 Å². The van der Waals surface area contributed by atoms with Gasteiger partial charge < -0.3 is 15.2 Å². The van der Waals surface area contributed by atoms with E-state index >= 15 is 0 Å². The molecule has 35 heavy (non-hydrogen) atoms. The SMILES string of the molecule is CCC1CC(=O)N(C(N)c2ccc(C(=O)C(C)C)cc2)N=C1c1ccc(OC(F)(F)F)c(OC)c1. The van der Waals surface area contributed by atoms with Gasteiger partial charge in [0.15, 0.2) is 17.3 Å². The Bertz CT molecular complexity index is 1110. The van der Waals surface area contributed by atoms with Crippen molar-refractivity contribution in [1.29, 1.82) is 0 Å². The molecule has 1 aliphatic rings. The number of ether oxygens (including phenoxy) is 2. The van der Waals surface area contributed by atoms with Gasteiger partial charge >= 0.3 is 6.36 Å². The van der Waals surface area contributed by atoms with Gasteiger partial charge in [0.05, 0.1) is 12.8 Å². The molecule has 2 N–H and O–H groups in total. The molecule has 0 saturated carbocycles. The molecule has 2 atom stereocenters. The van der Waals surface area contributed by atoms with E-state index in [1.54, 1.807) is 24.3 Å². The Morgan fingerprint density at radius 3 is 2.37 bits per heavy atom. The fourth-order valence-electron chi connectivity index (χ4n) is 3.86. The fourth-order valence-corrected chi connectivity index (χ4v) is 3.86. The third-order valence-electron chi connectivity index (χ3n) is 5.78. The van der Waals surface area contributed by atoms with Crippen molar-refractivity contribution in [1.82, 2.24) is 5.01 Å². The number of alkyl halides is 3. The zero-order chi connectivity index (χ0) is 25.9. The quantitative estimate of drug-likeness (QED) is 0.522. The first kappa shape index (κ1) is 26.2. The van der Waals surface area contributed by atoms with Crippen molar-refractivity contribution in [2.24, 2.45) is 22.7 Å². The zero-order valence-corrected chi connectivity index (χ0v) is 19.9. The molecule has 1 amide bonds. The number of carbonyl (C=O) groups is 2. The first-order valence-corrected chi connectivity index (χ1v) is 11.2. The number of nitrogens with two attached hydrogens (primary N) is 1. The number of nitrogens with zero attached hydrogens (tertiary/aromatic N) is 2. The topological polar surface area (TPSA) is 94.2 Å². The van der Waals surface area contributed by atoms with Crippen LogP contribution in [0.5, 0.6) is 11.5 Å². The highest BCUT2D eigenvalue weighted by atomic mass is 19.4. The van der Waals surface area contributed by atoms with Crippen LogP contribution >= 0.6 is 0 Å². The number of amides is 1. The van der Waals surface area contributed by atoms with E-state index in [2.05, 4.69) is 9.84 Å². The number of rotatable bonds is 8. The molecule has 0 fully saturated rings. The van der Waals surface area contributed by atoms with Gasteiger partial charge in [-0.2, -0.15) is 5.10 Å². The molecule has 1 aliphatic heterocycles. The van der Waals surface area contributed by atoms with Crippen molar-refractivity contribution in [2.75, 3.05) is 7.11 Å². The molecule has 2 unspecified atom stereocenters. The van der Waals surface area contributed by atoms with Crippen LogP contribution in [0.1, 0.15) is 61.3 Å². The molecule has 1 heterocycles. The third kappa shape index (κ3) is 6.00. The van der Waals surface area contributed by atoms with E-state index in [-0.39, 0.29) is 35.7 Å². The predicted octanol–water partition coefficient (Wildman–Crippen LogP) is 5.05. The molecule has 0 saturated heterocycles. The minimum Gasteiger partial charge on any atom is -0.493 e. The van der Waals surface area contributed by atoms with E-state index in [9.17, 15) is 22.8 Å². The molecule has 0 radical (unpaired) electrons. The zero-order valence-electron chi connectivity index (χ0n) is 19.9. The Hall–Kier alpha value is -3.40. The van der Waals surface area contributed by atoms with Gasteiger partial charge in [0, 0.05) is 29.4 Å². The maximum absolute atomic E-state index is 12.9. The number of Topliss-reactive ketones (excluding diaryl/α,β-unsaturated/α-hetero) is 1. The summed E-state index contributed by atoms with van der Waals surface area (Å²) in [6, 6.07) is 10.7. The summed E-state index contributed by atoms with van der Waals surface area (Å²) >= 11 is 0. The van der Waals surface area contributed by atoms with E-state index in [4.69, 9.17) is 10.5 Å². The van der Waals surface area contributed by atoms with Crippen LogP contribution < -0.4 is 15.2 Å². The van der Waals surface area contributed by atoms with Crippen LogP contribution in [0.25, 0.3) is 0 Å². The minimum atomic E-state index is -4.87. The van der Waals surface area contributed by atoms with Gasteiger partial charge in [-0.1, -0.05) is 45.0 Å². The lowest BCUT2D eigenvalue weighted by Crippen LogP contribution is -2.42. The van der Waals surface area contributed by atoms with E-state index < -0.39 is 18.3 Å². The van der Waals surface area contributed by atoms with Gasteiger partial charge in [0.25, 0.3) is 0 Å². The number of hydrogen-bond acceptors (Lipinski definition) is 6. The number of halogens is 3. The largest absolute Gasteiger partial charge is 0.573 e. The molecular weight excluding hydrogens is 463 g/mol. The van der Waals surface area contributed by atoms with Crippen LogP contribution in [0.15, 0.2) is 47.6 Å². The van der Waals surface area contributed by atoms with Crippen LogP contribution in [-0.4, -0.2) is 35.9 Å². The van der Waals surface area contributed by atoms with Crippen LogP contribution in [-0.2, 0) is 4.79 Å².